The highest BCUT2D eigenvalue weighted by molar-refractivity contribution is 6.30. The maximum atomic E-state index is 12.5. The summed E-state index contributed by atoms with van der Waals surface area (Å²) in [5.74, 6) is 0.452. The number of carbonyl (C=O) groups is 2. The molecule has 1 aliphatic heterocycles. The average Bonchev–Trinajstić information content (AvgIpc) is 3.08. The van der Waals surface area contributed by atoms with Crippen molar-refractivity contribution >= 4 is 23.3 Å². The molecule has 24 heavy (non-hydrogen) atoms. The van der Waals surface area contributed by atoms with Crippen LogP contribution in [0, 0.1) is 5.92 Å². The third-order valence-electron chi connectivity index (χ3n) is 5.32. The number of hydrogen-bond donors (Lipinski definition) is 2. The molecule has 1 amide bonds. The van der Waals surface area contributed by atoms with Crippen molar-refractivity contribution in [3.8, 4) is 0 Å². The average molecular weight is 350 g/mol. The van der Waals surface area contributed by atoms with E-state index in [1.54, 1.807) is 24.3 Å². The van der Waals surface area contributed by atoms with Crippen LogP contribution in [0.4, 0.5) is 0 Å². The summed E-state index contributed by atoms with van der Waals surface area (Å²) >= 11 is 5.88. The van der Waals surface area contributed by atoms with Gasteiger partial charge in [-0.15, -0.1) is 0 Å². The molecule has 1 saturated heterocycles. The monoisotopic (exact) mass is 349 g/mol. The minimum atomic E-state index is 0.0767. The largest absolute Gasteiger partial charge is 0.348 e. The van der Waals surface area contributed by atoms with Crippen LogP contribution in [0.25, 0.3) is 0 Å². The number of hydrogen-bond acceptors (Lipinski definition) is 2. The van der Waals surface area contributed by atoms with Gasteiger partial charge < -0.3 is 10.2 Å². The Kier molecular flexibility index (Phi) is 5.90. The predicted octanol–water partition coefficient (Wildman–Crippen LogP) is 1.88. The summed E-state index contributed by atoms with van der Waals surface area (Å²) in [6.07, 6.45) is 6.42. The molecule has 3 rings (SSSR count). The van der Waals surface area contributed by atoms with Gasteiger partial charge in [0.15, 0.2) is 12.3 Å². The first-order valence-corrected chi connectivity index (χ1v) is 9.42. The Morgan fingerprint density at radius 2 is 1.67 bits per heavy atom. The zero-order valence-corrected chi connectivity index (χ0v) is 14.8. The molecule has 2 fully saturated rings. The molecular weight excluding hydrogens is 324 g/mol. The highest BCUT2D eigenvalue weighted by atomic mass is 35.5. The van der Waals surface area contributed by atoms with E-state index in [-0.39, 0.29) is 17.6 Å². The zero-order valence-electron chi connectivity index (χ0n) is 14.0. The number of carbonyl (C=O) groups excluding carboxylic acids is 2. The van der Waals surface area contributed by atoms with Crippen molar-refractivity contribution in [1.82, 2.24) is 5.32 Å². The van der Waals surface area contributed by atoms with Crippen molar-refractivity contribution in [2.24, 2.45) is 5.92 Å². The van der Waals surface area contributed by atoms with Gasteiger partial charge in [0.25, 0.3) is 5.91 Å². The van der Waals surface area contributed by atoms with E-state index in [2.05, 4.69) is 5.32 Å². The normalized spacial score (nSPS) is 24.7. The number of likely N-dealkylation sites (tertiary alicyclic amines) is 1. The lowest BCUT2D eigenvalue weighted by atomic mass is 9.89. The number of benzene rings is 1. The Balaban J connectivity index is 1.44. The van der Waals surface area contributed by atoms with Gasteiger partial charge in [-0.2, -0.15) is 0 Å². The molecule has 2 N–H and O–H groups in total. The fourth-order valence-electron chi connectivity index (χ4n) is 3.89. The van der Waals surface area contributed by atoms with E-state index in [4.69, 9.17) is 11.6 Å². The highest BCUT2D eigenvalue weighted by Gasteiger charge is 2.29. The van der Waals surface area contributed by atoms with Gasteiger partial charge in [-0.1, -0.05) is 24.4 Å². The number of nitrogens with one attached hydrogen (secondary N) is 2. The molecule has 1 saturated carbocycles. The van der Waals surface area contributed by atoms with E-state index < -0.39 is 0 Å². The van der Waals surface area contributed by atoms with Crippen LogP contribution in [-0.2, 0) is 4.79 Å². The lowest BCUT2D eigenvalue weighted by Gasteiger charge is -2.28. The van der Waals surface area contributed by atoms with Crippen LogP contribution in [0.5, 0.6) is 0 Å². The number of ketones is 1. The molecule has 1 aromatic rings. The van der Waals surface area contributed by atoms with Crippen LogP contribution in [0.3, 0.4) is 0 Å². The molecule has 130 valence electrons. The second-order valence-corrected chi connectivity index (χ2v) is 7.56. The van der Waals surface area contributed by atoms with Gasteiger partial charge in [0, 0.05) is 35.4 Å². The molecule has 1 aromatic carbocycles. The highest BCUT2D eigenvalue weighted by Crippen LogP contribution is 2.19. The van der Waals surface area contributed by atoms with Gasteiger partial charge in [0.1, 0.15) is 0 Å². The number of piperidine rings is 1. The van der Waals surface area contributed by atoms with E-state index in [1.807, 2.05) is 0 Å². The Morgan fingerprint density at radius 1 is 1.04 bits per heavy atom. The SMILES string of the molecule is O=C(C[NH+]1CCC(C(=O)c2ccc(Cl)cc2)CC1)NC1CCCC1. The predicted molar refractivity (Wildman–Crippen MR) is 94.5 cm³/mol. The molecule has 0 unspecified atom stereocenters. The first-order chi connectivity index (χ1) is 11.6. The zero-order chi connectivity index (χ0) is 16.9. The van der Waals surface area contributed by atoms with Crippen molar-refractivity contribution in [3.63, 3.8) is 0 Å². The second kappa shape index (κ2) is 8.13. The number of amides is 1. The minimum absolute atomic E-state index is 0.0767. The third-order valence-corrected chi connectivity index (χ3v) is 5.58. The first kappa shape index (κ1) is 17.4. The standard InChI is InChI=1S/C19H25ClN2O2/c20-16-7-5-14(6-8-16)19(24)15-9-11-22(12-10-15)13-18(23)21-17-3-1-2-4-17/h5-8,15,17H,1-4,9-13H2,(H,21,23)/p+1. The Hall–Kier alpha value is -1.39. The number of halogens is 1. The van der Waals surface area contributed by atoms with Gasteiger partial charge in [0.2, 0.25) is 0 Å². The molecule has 0 radical (unpaired) electrons. The molecule has 5 heteroatoms. The fraction of sp³-hybridized carbons (Fsp3) is 0.579. The summed E-state index contributed by atoms with van der Waals surface area (Å²) in [7, 11) is 0. The smallest absolute Gasteiger partial charge is 0.275 e. The van der Waals surface area contributed by atoms with Crippen molar-refractivity contribution in [1.29, 1.82) is 0 Å². The summed E-state index contributed by atoms with van der Waals surface area (Å²) in [4.78, 5) is 26.0. The summed E-state index contributed by atoms with van der Waals surface area (Å²) in [6, 6.07) is 7.53. The molecule has 1 aliphatic carbocycles. The van der Waals surface area contributed by atoms with Crippen molar-refractivity contribution < 1.29 is 14.5 Å². The van der Waals surface area contributed by atoms with Gasteiger partial charge in [0.05, 0.1) is 13.1 Å². The van der Waals surface area contributed by atoms with Gasteiger partial charge in [-0.05, 0) is 37.1 Å². The minimum Gasteiger partial charge on any atom is -0.348 e. The Bertz CT molecular complexity index is 574. The topological polar surface area (TPSA) is 50.6 Å². The van der Waals surface area contributed by atoms with Crippen molar-refractivity contribution in [2.75, 3.05) is 19.6 Å². The molecule has 4 nitrogen and oxygen atoms in total. The van der Waals surface area contributed by atoms with E-state index in [0.29, 0.717) is 17.6 Å². The van der Waals surface area contributed by atoms with Gasteiger partial charge >= 0.3 is 0 Å². The Morgan fingerprint density at radius 3 is 2.29 bits per heavy atom. The van der Waals surface area contributed by atoms with E-state index in [0.717, 1.165) is 44.3 Å². The van der Waals surface area contributed by atoms with Crippen LogP contribution in [0.2, 0.25) is 5.02 Å². The first-order valence-electron chi connectivity index (χ1n) is 9.04. The second-order valence-electron chi connectivity index (χ2n) is 7.12. The number of rotatable bonds is 5. The summed E-state index contributed by atoms with van der Waals surface area (Å²) in [5.41, 5.74) is 0.742. The number of Topliss-reactive ketones (excluding diaryl/α,β-unsaturated/α-hetero) is 1. The molecule has 0 bridgehead atoms. The summed E-state index contributed by atoms with van der Waals surface area (Å²) in [6.45, 7) is 2.32. The van der Waals surface area contributed by atoms with E-state index >= 15 is 0 Å². The molecule has 0 aromatic heterocycles. The van der Waals surface area contributed by atoms with Crippen LogP contribution in [0.15, 0.2) is 24.3 Å². The lowest BCUT2D eigenvalue weighted by Crippen LogP contribution is -3.14. The van der Waals surface area contributed by atoms with Crippen LogP contribution >= 0.6 is 11.6 Å². The summed E-state index contributed by atoms with van der Waals surface area (Å²) in [5, 5.41) is 3.80. The molecule has 0 spiro atoms. The molecule has 1 heterocycles. The van der Waals surface area contributed by atoms with Crippen LogP contribution in [-0.4, -0.2) is 37.4 Å². The Labute approximate surface area is 148 Å². The molecule has 0 atom stereocenters. The molecule has 2 aliphatic rings. The van der Waals surface area contributed by atoms with Gasteiger partial charge in [-0.25, -0.2) is 0 Å². The number of quaternary nitrogens is 1. The van der Waals surface area contributed by atoms with Gasteiger partial charge in [-0.3, -0.25) is 9.59 Å². The molecular formula is C19H26ClN2O2+. The van der Waals surface area contributed by atoms with Crippen molar-refractivity contribution in [3.05, 3.63) is 34.9 Å². The van der Waals surface area contributed by atoms with Crippen molar-refractivity contribution in [2.45, 2.75) is 44.6 Å². The third kappa shape index (κ3) is 4.58. The summed E-state index contributed by atoms with van der Waals surface area (Å²) < 4.78 is 0. The quantitative estimate of drug-likeness (QED) is 0.797. The fourth-order valence-corrected chi connectivity index (χ4v) is 4.02. The van der Waals surface area contributed by atoms with Crippen LogP contribution < -0.4 is 10.2 Å². The maximum absolute atomic E-state index is 12.5. The lowest BCUT2D eigenvalue weighted by molar-refractivity contribution is -0.897. The van der Waals surface area contributed by atoms with E-state index in [9.17, 15) is 9.59 Å². The van der Waals surface area contributed by atoms with Crippen LogP contribution in [0.1, 0.15) is 48.9 Å². The maximum Gasteiger partial charge on any atom is 0.275 e. The van der Waals surface area contributed by atoms with E-state index in [1.165, 1.54) is 17.7 Å².